The van der Waals surface area contributed by atoms with Crippen molar-refractivity contribution in [3.8, 4) is 0 Å². The molecule has 1 unspecified atom stereocenters. The Balaban J connectivity index is 1.76. The highest BCUT2D eigenvalue weighted by Gasteiger charge is 2.36. The molecule has 1 amide bonds. The van der Waals surface area contributed by atoms with Gasteiger partial charge in [0.15, 0.2) is 5.13 Å². The molecule has 2 aromatic carbocycles. The van der Waals surface area contributed by atoms with Crippen molar-refractivity contribution in [2.24, 2.45) is 0 Å². The van der Waals surface area contributed by atoms with Gasteiger partial charge in [-0.15, -0.1) is 11.8 Å². The summed E-state index contributed by atoms with van der Waals surface area (Å²) in [6, 6.07) is 14.1. The van der Waals surface area contributed by atoms with E-state index in [1.54, 1.807) is 11.0 Å². The fraction of sp³-hybridized carbons (Fsp3) is 0.125. The Hall–Kier alpha value is -2.45. The summed E-state index contributed by atoms with van der Waals surface area (Å²) in [5.74, 6) is 0.305. The van der Waals surface area contributed by atoms with E-state index in [-0.39, 0.29) is 17.0 Å². The highest BCUT2D eigenvalue weighted by atomic mass is 32.2. The molecule has 6 nitrogen and oxygen atoms in total. The van der Waals surface area contributed by atoms with Crippen LogP contribution in [0.2, 0.25) is 0 Å². The molecule has 0 saturated carbocycles. The van der Waals surface area contributed by atoms with Crippen molar-refractivity contribution in [1.29, 1.82) is 0 Å². The van der Waals surface area contributed by atoms with E-state index in [9.17, 15) is 14.9 Å². The molecule has 1 aromatic heterocycles. The van der Waals surface area contributed by atoms with E-state index in [4.69, 9.17) is 0 Å². The van der Waals surface area contributed by atoms with E-state index in [0.29, 0.717) is 10.9 Å². The Morgan fingerprint density at radius 1 is 1.21 bits per heavy atom. The first-order chi connectivity index (χ1) is 11.6. The fourth-order valence-electron chi connectivity index (χ4n) is 2.63. The normalized spacial score (nSPS) is 17.6. The lowest BCUT2D eigenvalue weighted by Crippen LogP contribution is -2.27. The number of thiazole rings is 1. The smallest absolute Gasteiger partial charge is 0.269 e. The zero-order chi connectivity index (χ0) is 16.7. The van der Waals surface area contributed by atoms with Gasteiger partial charge in [0.1, 0.15) is 5.37 Å². The molecule has 4 rings (SSSR count). The SMILES string of the molecule is O=C1CSC(c2cccc([N+](=O)[O-])c2)N1c1nc2ccccc2s1. The summed E-state index contributed by atoms with van der Waals surface area (Å²) in [6.45, 7) is 0. The van der Waals surface area contributed by atoms with Gasteiger partial charge in [-0.2, -0.15) is 0 Å². The molecule has 1 fully saturated rings. The van der Waals surface area contributed by atoms with Gasteiger partial charge in [-0.25, -0.2) is 4.98 Å². The van der Waals surface area contributed by atoms with Crippen LogP contribution in [0.4, 0.5) is 10.8 Å². The van der Waals surface area contributed by atoms with Gasteiger partial charge in [-0.3, -0.25) is 19.8 Å². The number of thioether (sulfide) groups is 1. The lowest BCUT2D eigenvalue weighted by atomic mass is 10.2. The maximum Gasteiger partial charge on any atom is 0.269 e. The Kier molecular flexibility index (Phi) is 3.70. The maximum absolute atomic E-state index is 12.4. The van der Waals surface area contributed by atoms with Crippen LogP contribution >= 0.6 is 23.1 Å². The minimum Gasteiger partial charge on any atom is -0.273 e. The quantitative estimate of drug-likeness (QED) is 0.523. The Morgan fingerprint density at radius 3 is 2.83 bits per heavy atom. The van der Waals surface area contributed by atoms with Gasteiger partial charge in [0.2, 0.25) is 5.91 Å². The summed E-state index contributed by atoms with van der Waals surface area (Å²) < 4.78 is 1.01. The predicted octanol–water partition coefficient (Wildman–Crippen LogP) is 3.98. The first kappa shape index (κ1) is 15.1. The van der Waals surface area contributed by atoms with Gasteiger partial charge in [-0.05, 0) is 17.7 Å². The molecule has 120 valence electrons. The average molecular weight is 357 g/mol. The Bertz CT molecular complexity index is 923. The monoisotopic (exact) mass is 357 g/mol. The summed E-state index contributed by atoms with van der Waals surface area (Å²) in [5.41, 5.74) is 1.61. The summed E-state index contributed by atoms with van der Waals surface area (Å²) in [4.78, 5) is 29.2. The second kappa shape index (κ2) is 5.88. The number of nitrogens with zero attached hydrogens (tertiary/aromatic N) is 3. The van der Waals surface area contributed by atoms with Crippen LogP contribution in [0.1, 0.15) is 10.9 Å². The second-order valence-electron chi connectivity index (χ2n) is 5.24. The van der Waals surface area contributed by atoms with Crippen LogP contribution in [-0.4, -0.2) is 21.6 Å². The van der Waals surface area contributed by atoms with E-state index in [0.717, 1.165) is 15.8 Å². The molecule has 24 heavy (non-hydrogen) atoms. The number of rotatable bonds is 3. The maximum atomic E-state index is 12.4. The number of benzene rings is 2. The number of hydrogen-bond acceptors (Lipinski definition) is 6. The molecule has 0 bridgehead atoms. The molecule has 8 heteroatoms. The van der Waals surface area contributed by atoms with Crippen LogP contribution in [0.3, 0.4) is 0 Å². The molecule has 0 N–H and O–H groups in total. The number of aromatic nitrogens is 1. The fourth-order valence-corrected chi connectivity index (χ4v) is 4.86. The predicted molar refractivity (Wildman–Crippen MR) is 95.4 cm³/mol. The van der Waals surface area contributed by atoms with Crippen molar-refractivity contribution in [2.75, 3.05) is 10.7 Å². The largest absolute Gasteiger partial charge is 0.273 e. The summed E-state index contributed by atoms with van der Waals surface area (Å²) in [7, 11) is 0. The number of amides is 1. The van der Waals surface area contributed by atoms with Crippen molar-refractivity contribution in [2.45, 2.75) is 5.37 Å². The number of anilines is 1. The molecular weight excluding hydrogens is 346 g/mol. The summed E-state index contributed by atoms with van der Waals surface area (Å²) >= 11 is 2.91. The number of non-ortho nitro benzene ring substituents is 1. The second-order valence-corrected chi connectivity index (χ2v) is 7.32. The third kappa shape index (κ3) is 2.53. The van der Waals surface area contributed by atoms with E-state index in [2.05, 4.69) is 4.98 Å². The zero-order valence-electron chi connectivity index (χ0n) is 12.3. The molecule has 1 atom stereocenters. The highest BCUT2D eigenvalue weighted by Crippen LogP contribution is 2.44. The molecule has 3 aromatic rings. The number of para-hydroxylation sites is 1. The van der Waals surface area contributed by atoms with Gasteiger partial charge in [-0.1, -0.05) is 35.6 Å². The van der Waals surface area contributed by atoms with E-state index >= 15 is 0 Å². The van der Waals surface area contributed by atoms with Crippen molar-refractivity contribution in [1.82, 2.24) is 4.98 Å². The molecular formula is C16H11N3O3S2. The van der Waals surface area contributed by atoms with Crippen molar-refractivity contribution in [3.05, 3.63) is 64.2 Å². The van der Waals surface area contributed by atoms with Crippen LogP contribution in [-0.2, 0) is 4.79 Å². The Labute approximate surface area is 145 Å². The number of hydrogen-bond donors (Lipinski definition) is 0. The van der Waals surface area contributed by atoms with Crippen molar-refractivity contribution >= 4 is 50.0 Å². The first-order valence-corrected chi connectivity index (χ1v) is 9.03. The van der Waals surface area contributed by atoms with Crippen molar-refractivity contribution in [3.63, 3.8) is 0 Å². The first-order valence-electron chi connectivity index (χ1n) is 7.17. The summed E-state index contributed by atoms with van der Waals surface area (Å²) in [5, 5.41) is 11.3. The lowest BCUT2D eigenvalue weighted by Gasteiger charge is -2.21. The van der Waals surface area contributed by atoms with Gasteiger partial charge in [0.25, 0.3) is 5.69 Å². The van der Waals surface area contributed by atoms with Gasteiger partial charge < -0.3 is 0 Å². The van der Waals surface area contributed by atoms with E-state index in [1.165, 1.54) is 35.2 Å². The molecule has 0 aliphatic carbocycles. The van der Waals surface area contributed by atoms with Crippen LogP contribution in [0.15, 0.2) is 48.5 Å². The molecule has 0 radical (unpaired) electrons. The number of carbonyl (C=O) groups excluding carboxylic acids is 1. The Morgan fingerprint density at radius 2 is 2.04 bits per heavy atom. The lowest BCUT2D eigenvalue weighted by molar-refractivity contribution is -0.384. The van der Waals surface area contributed by atoms with Gasteiger partial charge in [0.05, 0.1) is 20.9 Å². The van der Waals surface area contributed by atoms with E-state index in [1.807, 2.05) is 30.3 Å². The molecule has 1 aliphatic rings. The zero-order valence-corrected chi connectivity index (χ0v) is 13.9. The van der Waals surface area contributed by atoms with Crippen LogP contribution in [0.25, 0.3) is 10.2 Å². The number of nitro benzene ring substituents is 1. The molecule has 1 aliphatic heterocycles. The van der Waals surface area contributed by atoms with Gasteiger partial charge >= 0.3 is 0 Å². The van der Waals surface area contributed by atoms with Gasteiger partial charge in [0, 0.05) is 12.1 Å². The van der Waals surface area contributed by atoms with E-state index < -0.39 is 4.92 Å². The highest BCUT2D eigenvalue weighted by molar-refractivity contribution is 8.00. The minimum absolute atomic E-state index is 0.0247. The number of fused-ring (bicyclic) bond motifs is 1. The number of nitro groups is 1. The standard InChI is InChI=1S/C16H11N3O3S2/c20-14-9-23-15(10-4-3-5-11(8-10)19(21)22)18(14)16-17-12-6-1-2-7-13(12)24-16/h1-8,15H,9H2. The van der Waals surface area contributed by atoms with Crippen LogP contribution in [0, 0.1) is 10.1 Å². The molecule has 1 saturated heterocycles. The third-order valence-electron chi connectivity index (χ3n) is 3.72. The average Bonchev–Trinajstić information content (AvgIpc) is 3.17. The molecule has 0 spiro atoms. The molecule has 2 heterocycles. The number of carbonyl (C=O) groups is 1. The minimum atomic E-state index is -0.424. The van der Waals surface area contributed by atoms with Crippen LogP contribution in [0.5, 0.6) is 0 Å². The summed E-state index contributed by atoms with van der Waals surface area (Å²) in [6.07, 6.45) is 0. The van der Waals surface area contributed by atoms with Crippen LogP contribution < -0.4 is 4.90 Å². The topological polar surface area (TPSA) is 76.3 Å². The van der Waals surface area contributed by atoms with Crippen molar-refractivity contribution < 1.29 is 9.72 Å². The third-order valence-corrected chi connectivity index (χ3v) is 5.97.